The summed E-state index contributed by atoms with van der Waals surface area (Å²) < 4.78 is 5.90. The second kappa shape index (κ2) is 6.97. The molecule has 0 saturated carbocycles. The van der Waals surface area contributed by atoms with Crippen molar-refractivity contribution in [2.75, 3.05) is 13.1 Å². The first-order valence-corrected chi connectivity index (χ1v) is 8.69. The standard InChI is InChI=1S/C20H21N3O2/c24-20(8-7-15-12-22-19-6-2-1-5-18(15)19)23-11-9-17(14-23)25-16-4-3-10-21-13-16/h1-6,10,12-13,17,22H,7-9,11,14H2. The molecule has 1 aliphatic rings. The number of pyridine rings is 1. The van der Waals surface area contributed by atoms with Gasteiger partial charge in [0.1, 0.15) is 11.9 Å². The highest BCUT2D eigenvalue weighted by Gasteiger charge is 2.27. The molecular formula is C20H21N3O2. The maximum Gasteiger partial charge on any atom is 0.223 e. The van der Waals surface area contributed by atoms with Gasteiger partial charge in [0.2, 0.25) is 5.91 Å². The van der Waals surface area contributed by atoms with Crippen LogP contribution in [0.15, 0.2) is 55.0 Å². The fourth-order valence-electron chi connectivity index (χ4n) is 3.40. The number of ether oxygens (including phenoxy) is 1. The quantitative estimate of drug-likeness (QED) is 0.779. The Labute approximate surface area is 146 Å². The predicted molar refractivity (Wildman–Crippen MR) is 96.5 cm³/mol. The molecule has 1 aromatic carbocycles. The Balaban J connectivity index is 1.31. The van der Waals surface area contributed by atoms with E-state index in [1.54, 1.807) is 12.4 Å². The number of para-hydroxylation sites is 1. The Bertz CT molecular complexity index is 860. The van der Waals surface area contributed by atoms with Gasteiger partial charge in [-0.15, -0.1) is 0 Å². The molecule has 25 heavy (non-hydrogen) atoms. The van der Waals surface area contributed by atoms with E-state index in [0.29, 0.717) is 13.0 Å². The lowest BCUT2D eigenvalue weighted by Crippen LogP contribution is -2.31. The van der Waals surface area contributed by atoms with Crippen molar-refractivity contribution >= 4 is 16.8 Å². The second-order valence-corrected chi connectivity index (χ2v) is 6.42. The summed E-state index contributed by atoms with van der Waals surface area (Å²) >= 11 is 0. The largest absolute Gasteiger partial charge is 0.487 e. The maximum atomic E-state index is 12.5. The Morgan fingerprint density at radius 3 is 3.08 bits per heavy atom. The van der Waals surface area contributed by atoms with Crippen molar-refractivity contribution in [3.8, 4) is 5.75 Å². The van der Waals surface area contributed by atoms with E-state index >= 15 is 0 Å². The van der Waals surface area contributed by atoms with Gasteiger partial charge >= 0.3 is 0 Å². The van der Waals surface area contributed by atoms with Crippen molar-refractivity contribution in [3.05, 3.63) is 60.6 Å². The molecule has 0 spiro atoms. The van der Waals surface area contributed by atoms with E-state index in [4.69, 9.17) is 4.74 Å². The van der Waals surface area contributed by atoms with Crippen LogP contribution in [0.2, 0.25) is 0 Å². The number of hydrogen-bond acceptors (Lipinski definition) is 3. The number of likely N-dealkylation sites (tertiary alicyclic amines) is 1. The number of nitrogens with one attached hydrogen (secondary N) is 1. The Morgan fingerprint density at radius 2 is 2.20 bits per heavy atom. The molecule has 0 bridgehead atoms. The summed E-state index contributed by atoms with van der Waals surface area (Å²) in [7, 11) is 0. The van der Waals surface area contributed by atoms with E-state index in [9.17, 15) is 4.79 Å². The minimum atomic E-state index is 0.0567. The number of hydrogen-bond donors (Lipinski definition) is 1. The molecule has 1 amide bonds. The zero-order valence-corrected chi connectivity index (χ0v) is 14.0. The average Bonchev–Trinajstić information content (AvgIpc) is 3.28. The number of carbonyl (C=O) groups excluding carboxylic acids is 1. The van der Waals surface area contributed by atoms with Crippen LogP contribution in [-0.4, -0.2) is 40.0 Å². The molecule has 5 nitrogen and oxygen atoms in total. The normalized spacial score (nSPS) is 17.1. The second-order valence-electron chi connectivity index (χ2n) is 6.42. The van der Waals surface area contributed by atoms with Crippen molar-refractivity contribution in [2.45, 2.75) is 25.4 Å². The Morgan fingerprint density at radius 1 is 1.28 bits per heavy atom. The highest BCUT2D eigenvalue weighted by atomic mass is 16.5. The fourth-order valence-corrected chi connectivity index (χ4v) is 3.40. The predicted octanol–water partition coefficient (Wildman–Crippen LogP) is 3.18. The molecule has 3 heterocycles. The number of fused-ring (bicyclic) bond motifs is 1. The highest BCUT2D eigenvalue weighted by Crippen LogP contribution is 2.21. The first-order valence-electron chi connectivity index (χ1n) is 8.69. The van der Waals surface area contributed by atoms with Crippen molar-refractivity contribution in [1.29, 1.82) is 0 Å². The van der Waals surface area contributed by atoms with Gasteiger partial charge in [-0.05, 0) is 30.2 Å². The Hall–Kier alpha value is -2.82. The number of carbonyl (C=O) groups is 1. The van der Waals surface area contributed by atoms with Crippen LogP contribution in [0.3, 0.4) is 0 Å². The van der Waals surface area contributed by atoms with Crippen LogP contribution in [0.4, 0.5) is 0 Å². The van der Waals surface area contributed by atoms with Crippen molar-refractivity contribution < 1.29 is 9.53 Å². The molecule has 2 aromatic heterocycles. The van der Waals surface area contributed by atoms with Crippen molar-refractivity contribution in [3.63, 3.8) is 0 Å². The molecule has 1 unspecified atom stereocenters. The van der Waals surface area contributed by atoms with Crippen molar-refractivity contribution in [2.24, 2.45) is 0 Å². The summed E-state index contributed by atoms with van der Waals surface area (Å²) in [5.41, 5.74) is 2.32. The highest BCUT2D eigenvalue weighted by molar-refractivity contribution is 5.84. The number of aromatic nitrogens is 2. The summed E-state index contributed by atoms with van der Waals surface area (Å²) in [5.74, 6) is 0.961. The van der Waals surface area contributed by atoms with E-state index in [2.05, 4.69) is 22.1 Å². The molecular weight excluding hydrogens is 314 g/mol. The smallest absolute Gasteiger partial charge is 0.223 e. The van der Waals surface area contributed by atoms with Crippen LogP contribution in [0, 0.1) is 0 Å². The van der Waals surface area contributed by atoms with E-state index in [1.165, 1.54) is 10.9 Å². The van der Waals surface area contributed by atoms with Crippen molar-refractivity contribution in [1.82, 2.24) is 14.9 Å². The third-order valence-electron chi connectivity index (χ3n) is 4.72. The lowest BCUT2D eigenvalue weighted by molar-refractivity contribution is -0.130. The average molecular weight is 335 g/mol. The van der Waals surface area contributed by atoms with Crippen LogP contribution in [0.25, 0.3) is 10.9 Å². The molecule has 128 valence electrons. The minimum absolute atomic E-state index is 0.0567. The van der Waals surface area contributed by atoms with Crippen LogP contribution in [0.5, 0.6) is 5.75 Å². The fraction of sp³-hybridized carbons (Fsp3) is 0.300. The van der Waals surface area contributed by atoms with Gasteiger partial charge in [0, 0.05) is 42.7 Å². The summed E-state index contributed by atoms with van der Waals surface area (Å²) in [4.78, 5) is 21.8. The molecule has 0 radical (unpaired) electrons. The van der Waals surface area contributed by atoms with E-state index < -0.39 is 0 Å². The first-order chi connectivity index (χ1) is 12.3. The first kappa shape index (κ1) is 15.7. The zero-order chi connectivity index (χ0) is 17.1. The van der Waals surface area contributed by atoms with Crippen LogP contribution in [-0.2, 0) is 11.2 Å². The lowest BCUT2D eigenvalue weighted by atomic mass is 10.1. The summed E-state index contributed by atoms with van der Waals surface area (Å²) in [6, 6.07) is 12.0. The van der Waals surface area contributed by atoms with Gasteiger partial charge < -0.3 is 14.6 Å². The molecule has 1 fully saturated rings. The molecule has 1 N–H and O–H groups in total. The molecule has 1 atom stereocenters. The maximum absolute atomic E-state index is 12.5. The lowest BCUT2D eigenvalue weighted by Gasteiger charge is -2.17. The third-order valence-corrected chi connectivity index (χ3v) is 4.72. The minimum Gasteiger partial charge on any atom is -0.487 e. The molecule has 1 saturated heterocycles. The molecule has 0 aliphatic carbocycles. The number of amides is 1. The van der Waals surface area contributed by atoms with Gasteiger partial charge in [-0.1, -0.05) is 18.2 Å². The van der Waals surface area contributed by atoms with Gasteiger partial charge in [-0.3, -0.25) is 9.78 Å². The van der Waals surface area contributed by atoms with E-state index in [-0.39, 0.29) is 12.0 Å². The monoisotopic (exact) mass is 335 g/mol. The van der Waals surface area contributed by atoms with Crippen LogP contribution in [0.1, 0.15) is 18.4 Å². The Kier molecular flexibility index (Phi) is 4.37. The number of nitrogens with zero attached hydrogens (tertiary/aromatic N) is 2. The number of benzene rings is 1. The number of H-pyrrole nitrogens is 1. The van der Waals surface area contributed by atoms with E-state index in [0.717, 1.165) is 30.7 Å². The number of aromatic amines is 1. The van der Waals surface area contributed by atoms with Gasteiger partial charge in [-0.25, -0.2) is 0 Å². The summed E-state index contributed by atoms with van der Waals surface area (Å²) in [6.45, 7) is 1.42. The molecule has 5 heteroatoms. The van der Waals surface area contributed by atoms with Gasteiger partial charge in [0.15, 0.2) is 0 Å². The van der Waals surface area contributed by atoms with Crippen LogP contribution < -0.4 is 4.74 Å². The SMILES string of the molecule is O=C(CCc1c[nH]c2ccccc12)N1CCC(Oc2cccnc2)C1. The van der Waals surface area contributed by atoms with E-state index in [1.807, 2.05) is 35.4 Å². The van der Waals surface area contributed by atoms with Gasteiger partial charge in [0.25, 0.3) is 0 Å². The summed E-state index contributed by atoms with van der Waals surface area (Å²) in [6.07, 6.45) is 7.66. The molecule has 3 aromatic rings. The number of aryl methyl sites for hydroxylation is 1. The zero-order valence-electron chi connectivity index (χ0n) is 14.0. The number of rotatable bonds is 5. The summed E-state index contributed by atoms with van der Waals surface area (Å²) in [5, 5.41) is 1.20. The molecule has 1 aliphatic heterocycles. The van der Waals surface area contributed by atoms with Gasteiger partial charge in [0.05, 0.1) is 12.7 Å². The van der Waals surface area contributed by atoms with Crippen LogP contribution >= 0.6 is 0 Å². The van der Waals surface area contributed by atoms with Gasteiger partial charge in [-0.2, -0.15) is 0 Å². The topological polar surface area (TPSA) is 58.2 Å². The molecule has 4 rings (SSSR count). The third kappa shape index (κ3) is 3.50.